The second kappa shape index (κ2) is 7.99. The van der Waals surface area contributed by atoms with Crippen molar-refractivity contribution in [1.82, 2.24) is 0 Å². The SMILES string of the molecule is COC(=O)CSCC(=O)[C@@]1(O)C[C@@H]2[C@@H]3CCC4=CC(=O)CC[C@]4(C)[C@@H]3[C@@H](O)C[C@]2(C)C1. The molecule has 4 aliphatic carbocycles. The molecule has 0 amide bonds. The summed E-state index contributed by atoms with van der Waals surface area (Å²) in [6, 6.07) is 0. The quantitative estimate of drug-likeness (QED) is 0.621. The highest BCUT2D eigenvalue weighted by molar-refractivity contribution is 8.00. The van der Waals surface area contributed by atoms with Gasteiger partial charge in [0.05, 0.1) is 24.7 Å². The van der Waals surface area contributed by atoms with Crippen molar-refractivity contribution < 1.29 is 29.3 Å². The number of hydrogen-bond acceptors (Lipinski definition) is 7. The number of thioether (sulfide) groups is 1. The van der Waals surface area contributed by atoms with Crippen molar-refractivity contribution in [1.29, 1.82) is 0 Å². The number of allylic oxidation sites excluding steroid dienone is 1. The molecule has 4 aliphatic rings. The Kier molecular flexibility index (Phi) is 5.93. The number of Topliss-reactive ketones (excluding diaryl/α,β-unsaturated/α-hetero) is 1. The normalized spacial score (nSPS) is 44.0. The van der Waals surface area contributed by atoms with Crippen LogP contribution in [0, 0.1) is 28.6 Å². The highest BCUT2D eigenvalue weighted by atomic mass is 32.2. The van der Waals surface area contributed by atoms with Crippen LogP contribution >= 0.6 is 11.8 Å². The van der Waals surface area contributed by atoms with E-state index in [9.17, 15) is 24.6 Å². The number of rotatable bonds is 5. The molecule has 0 radical (unpaired) electrons. The molecule has 172 valence electrons. The number of ketones is 2. The Bertz CT molecular complexity index is 823. The van der Waals surface area contributed by atoms with Crippen molar-refractivity contribution in [3.8, 4) is 0 Å². The van der Waals surface area contributed by atoms with Gasteiger partial charge in [-0.3, -0.25) is 14.4 Å². The largest absolute Gasteiger partial charge is 0.468 e. The van der Waals surface area contributed by atoms with Gasteiger partial charge in [-0.1, -0.05) is 19.4 Å². The third-order valence-corrected chi connectivity index (χ3v) is 9.77. The van der Waals surface area contributed by atoms with Gasteiger partial charge in [-0.25, -0.2) is 0 Å². The molecule has 7 heteroatoms. The van der Waals surface area contributed by atoms with Crippen LogP contribution in [0.5, 0.6) is 0 Å². The van der Waals surface area contributed by atoms with Gasteiger partial charge in [-0.2, -0.15) is 0 Å². The Morgan fingerprint density at radius 1 is 1.23 bits per heavy atom. The maximum absolute atomic E-state index is 13.0. The number of aliphatic hydroxyl groups is 2. The Morgan fingerprint density at radius 2 is 1.97 bits per heavy atom. The third-order valence-electron chi connectivity index (χ3n) is 8.86. The first kappa shape index (κ1) is 23.0. The fourth-order valence-electron chi connectivity index (χ4n) is 7.46. The van der Waals surface area contributed by atoms with E-state index < -0.39 is 11.7 Å². The summed E-state index contributed by atoms with van der Waals surface area (Å²) >= 11 is 1.18. The molecule has 0 aliphatic heterocycles. The molecule has 0 heterocycles. The van der Waals surface area contributed by atoms with Gasteiger partial charge in [0.25, 0.3) is 0 Å². The maximum atomic E-state index is 13.0. The Hall–Kier alpha value is -1.18. The molecule has 6 nitrogen and oxygen atoms in total. The number of carbonyl (C=O) groups excluding carboxylic acids is 3. The first-order valence-corrected chi connectivity index (χ1v) is 12.5. The number of fused-ring (bicyclic) bond motifs is 5. The molecule has 0 aromatic carbocycles. The molecular weight excluding hydrogens is 416 g/mol. The lowest BCUT2D eigenvalue weighted by Gasteiger charge is -2.59. The summed E-state index contributed by atoms with van der Waals surface area (Å²) < 4.78 is 4.62. The van der Waals surface area contributed by atoms with E-state index in [1.165, 1.54) is 24.4 Å². The zero-order valence-corrected chi connectivity index (χ0v) is 19.5. The molecule has 0 aromatic rings. The van der Waals surface area contributed by atoms with E-state index in [1.54, 1.807) is 0 Å². The predicted molar refractivity (Wildman–Crippen MR) is 117 cm³/mol. The average molecular weight is 451 g/mol. The minimum Gasteiger partial charge on any atom is -0.468 e. The summed E-state index contributed by atoms with van der Waals surface area (Å²) in [7, 11) is 1.32. The van der Waals surface area contributed by atoms with Crippen molar-refractivity contribution >= 4 is 29.3 Å². The number of carbonyl (C=O) groups is 3. The summed E-state index contributed by atoms with van der Waals surface area (Å²) in [5, 5.41) is 22.7. The van der Waals surface area contributed by atoms with Crippen LogP contribution in [0.15, 0.2) is 11.6 Å². The minimum atomic E-state index is -1.41. The molecule has 0 bridgehead atoms. The number of esters is 1. The van der Waals surface area contributed by atoms with Crippen LogP contribution in [0.25, 0.3) is 0 Å². The monoisotopic (exact) mass is 450 g/mol. The fourth-order valence-corrected chi connectivity index (χ4v) is 8.30. The van der Waals surface area contributed by atoms with Crippen molar-refractivity contribution in [2.24, 2.45) is 28.6 Å². The van der Waals surface area contributed by atoms with E-state index in [2.05, 4.69) is 18.6 Å². The zero-order valence-electron chi connectivity index (χ0n) is 18.7. The van der Waals surface area contributed by atoms with Gasteiger partial charge in [-0.05, 0) is 73.2 Å². The van der Waals surface area contributed by atoms with Gasteiger partial charge in [0.2, 0.25) is 0 Å². The smallest absolute Gasteiger partial charge is 0.315 e. The Morgan fingerprint density at radius 3 is 2.68 bits per heavy atom. The minimum absolute atomic E-state index is 0.0600. The fraction of sp³-hybridized carbons (Fsp3) is 0.792. The van der Waals surface area contributed by atoms with E-state index in [0.29, 0.717) is 25.7 Å². The molecule has 3 fully saturated rings. The van der Waals surface area contributed by atoms with Crippen molar-refractivity contribution in [3.05, 3.63) is 11.6 Å². The van der Waals surface area contributed by atoms with Gasteiger partial charge < -0.3 is 14.9 Å². The molecule has 0 unspecified atom stereocenters. The molecule has 0 saturated heterocycles. The predicted octanol–water partition coefficient (Wildman–Crippen LogP) is 2.70. The Labute approximate surface area is 188 Å². The van der Waals surface area contributed by atoms with Crippen LogP contribution in [-0.4, -0.2) is 58.1 Å². The average Bonchev–Trinajstić information content (AvgIpc) is 2.99. The molecule has 0 aromatic heterocycles. The summed E-state index contributed by atoms with van der Waals surface area (Å²) in [4.78, 5) is 36.3. The first-order chi connectivity index (χ1) is 14.5. The highest BCUT2D eigenvalue weighted by Gasteiger charge is 2.64. The summed E-state index contributed by atoms with van der Waals surface area (Å²) in [6.45, 7) is 4.31. The maximum Gasteiger partial charge on any atom is 0.315 e. The van der Waals surface area contributed by atoms with Crippen molar-refractivity contribution in [3.63, 3.8) is 0 Å². The third kappa shape index (κ3) is 3.80. The summed E-state index contributed by atoms with van der Waals surface area (Å²) in [5.41, 5.74) is -0.703. The van der Waals surface area contributed by atoms with Crippen molar-refractivity contribution in [2.45, 2.75) is 70.5 Å². The van der Waals surface area contributed by atoms with Gasteiger partial charge in [-0.15, -0.1) is 11.8 Å². The lowest BCUT2D eigenvalue weighted by Crippen LogP contribution is -2.55. The lowest BCUT2D eigenvalue weighted by atomic mass is 9.46. The molecule has 2 N–H and O–H groups in total. The highest BCUT2D eigenvalue weighted by Crippen LogP contribution is 2.66. The van der Waals surface area contributed by atoms with E-state index in [1.807, 2.05) is 6.08 Å². The number of methoxy groups -OCH3 is 1. The van der Waals surface area contributed by atoms with Crippen LogP contribution in [0.1, 0.15) is 58.8 Å². The van der Waals surface area contributed by atoms with Crippen LogP contribution in [0.2, 0.25) is 0 Å². The summed E-state index contributed by atoms with van der Waals surface area (Å²) in [6.07, 6.45) is 5.70. The second-order valence-corrected chi connectivity index (χ2v) is 11.7. The van der Waals surface area contributed by atoms with E-state index in [0.717, 1.165) is 19.3 Å². The number of ether oxygens (including phenoxy) is 1. The van der Waals surface area contributed by atoms with Gasteiger partial charge in [0, 0.05) is 6.42 Å². The van der Waals surface area contributed by atoms with E-state index in [4.69, 9.17) is 0 Å². The second-order valence-electron chi connectivity index (χ2n) is 10.7. The van der Waals surface area contributed by atoms with Gasteiger partial charge in [0.1, 0.15) is 5.60 Å². The topological polar surface area (TPSA) is 101 Å². The summed E-state index contributed by atoms with van der Waals surface area (Å²) in [5.74, 6) is 0.204. The molecule has 4 rings (SSSR count). The molecule has 3 saturated carbocycles. The standard InChI is InChI=1S/C24H34O6S/c1-22-10-18(26)21-16(5-4-14-8-15(25)6-7-23(14,21)2)17(22)9-24(29,13-22)19(27)11-31-12-20(28)30-3/h8,16-18,21,26,29H,4-7,9-13H2,1-3H3/t16-,17+,18-,21-,22+,23-,24+/m0/s1. The zero-order chi connectivity index (χ0) is 22.6. The van der Waals surface area contributed by atoms with Crippen molar-refractivity contribution in [2.75, 3.05) is 18.6 Å². The molecule has 0 spiro atoms. The number of hydrogen-bond donors (Lipinski definition) is 2. The lowest BCUT2D eigenvalue weighted by molar-refractivity contribution is -0.137. The van der Waals surface area contributed by atoms with Gasteiger partial charge in [0.15, 0.2) is 11.6 Å². The van der Waals surface area contributed by atoms with Crippen LogP contribution < -0.4 is 0 Å². The van der Waals surface area contributed by atoms with Gasteiger partial charge >= 0.3 is 5.97 Å². The first-order valence-electron chi connectivity index (χ1n) is 11.3. The molecular formula is C24H34O6S. The molecule has 7 atom stereocenters. The van der Waals surface area contributed by atoms with E-state index >= 15 is 0 Å². The van der Waals surface area contributed by atoms with Crippen LogP contribution in [0.4, 0.5) is 0 Å². The Balaban J connectivity index is 1.55. The van der Waals surface area contributed by atoms with Crippen LogP contribution in [0.3, 0.4) is 0 Å². The molecule has 31 heavy (non-hydrogen) atoms. The van der Waals surface area contributed by atoms with E-state index in [-0.39, 0.29) is 57.6 Å². The van der Waals surface area contributed by atoms with Crippen LogP contribution in [-0.2, 0) is 19.1 Å². The number of aliphatic hydroxyl groups excluding tert-OH is 1.